The monoisotopic (exact) mass is 348 g/mol. The zero-order chi connectivity index (χ0) is 16.7. The lowest BCUT2D eigenvalue weighted by Gasteiger charge is -2.07. The first-order valence-corrected chi connectivity index (χ1v) is 8.51. The van der Waals surface area contributed by atoms with E-state index in [-0.39, 0.29) is 18.2 Å². The van der Waals surface area contributed by atoms with Crippen molar-refractivity contribution in [2.45, 2.75) is 11.4 Å². The van der Waals surface area contributed by atoms with E-state index in [1.54, 1.807) is 24.3 Å². The van der Waals surface area contributed by atoms with Crippen LogP contribution in [0.2, 0.25) is 0 Å². The molecule has 0 saturated carbocycles. The lowest BCUT2D eigenvalue weighted by Crippen LogP contribution is -2.23. The van der Waals surface area contributed by atoms with Crippen molar-refractivity contribution in [1.82, 2.24) is 9.71 Å². The summed E-state index contributed by atoms with van der Waals surface area (Å²) in [4.78, 5) is 13.8. The number of fused-ring (bicyclic) bond motifs is 2. The van der Waals surface area contributed by atoms with Crippen molar-refractivity contribution in [1.29, 1.82) is 0 Å². The van der Waals surface area contributed by atoms with Crippen LogP contribution >= 0.6 is 0 Å². The molecule has 0 spiro atoms. The summed E-state index contributed by atoms with van der Waals surface area (Å²) in [5, 5.41) is 0. The van der Waals surface area contributed by atoms with Crippen molar-refractivity contribution in [2.75, 3.05) is 6.79 Å². The molecule has 8 nitrogen and oxygen atoms in total. The van der Waals surface area contributed by atoms with Crippen molar-refractivity contribution < 1.29 is 22.3 Å². The minimum absolute atomic E-state index is 0.0694. The first-order valence-electron chi connectivity index (χ1n) is 7.02. The Kier molecular flexibility index (Phi) is 3.32. The minimum Gasteiger partial charge on any atom is -0.454 e. The molecular weight excluding hydrogens is 336 g/mol. The van der Waals surface area contributed by atoms with E-state index in [2.05, 4.69) is 9.71 Å². The zero-order valence-corrected chi connectivity index (χ0v) is 13.1. The molecule has 0 unspecified atom stereocenters. The van der Waals surface area contributed by atoms with Crippen molar-refractivity contribution in [3.63, 3.8) is 0 Å². The molecule has 0 aliphatic carbocycles. The molecule has 24 heavy (non-hydrogen) atoms. The Morgan fingerprint density at radius 3 is 2.79 bits per heavy atom. The van der Waals surface area contributed by atoms with Gasteiger partial charge in [-0.2, -0.15) is 0 Å². The summed E-state index contributed by atoms with van der Waals surface area (Å²) in [6.45, 7) is 0.148. The van der Waals surface area contributed by atoms with Crippen molar-refractivity contribution in [3.8, 4) is 11.5 Å². The van der Waals surface area contributed by atoms with E-state index >= 15 is 0 Å². The molecule has 0 fully saturated rings. The molecule has 0 radical (unpaired) electrons. The molecular formula is C15H12N2O6S. The molecule has 0 atom stereocenters. The molecule has 2 heterocycles. The first kappa shape index (κ1) is 14.8. The van der Waals surface area contributed by atoms with Gasteiger partial charge in [0.25, 0.3) is 0 Å². The van der Waals surface area contributed by atoms with Crippen molar-refractivity contribution in [3.05, 3.63) is 52.5 Å². The lowest BCUT2D eigenvalue weighted by molar-refractivity contribution is 0.174. The van der Waals surface area contributed by atoms with Crippen LogP contribution in [0.15, 0.2) is 50.5 Å². The SMILES string of the molecule is O=c1[nH]c2cc(CNS(=O)(=O)c3ccc4c(c3)OCO4)ccc2o1. The van der Waals surface area contributed by atoms with Crippen LogP contribution in [0.4, 0.5) is 0 Å². The zero-order valence-electron chi connectivity index (χ0n) is 12.2. The van der Waals surface area contributed by atoms with E-state index in [1.165, 1.54) is 12.1 Å². The third kappa shape index (κ3) is 2.63. The van der Waals surface area contributed by atoms with Crippen LogP contribution in [0.25, 0.3) is 11.1 Å². The quantitative estimate of drug-likeness (QED) is 0.736. The van der Waals surface area contributed by atoms with Crippen LogP contribution in [-0.2, 0) is 16.6 Å². The lowest BCUT2D eigenvalue weighted by atomic mass is 10.2. The molecule has 2 aromatic carbocycles. The topological polar surface area (TPSA) is 111 Å². The third-order valence-electron chi connectivity index (χ3n) is 3.60. The largest absolute Gasteiger partial charge is 0.454 e. The van der Waals surface area contributed by atoms with Crippen molar-refractivity contribution >= 4 is 21.1 Å². The van der Waals surface area contributed by atoms with Gasteiger partial charge >= 0.3 is 5.76 Å². The number of aromatic amines is 1. The predicted molar refractivity (Wildman–Crippen MR) is 83.4 cm³/mol. The Hall–Kier alpha value is -2.78. The number of oxazole rings is 1. The first-order chi connectivity index (χ1) is 11.5. The van der Waals surface area contributed by atoms with Gasteiger partial charge in [0.1, 0.15) is 0 Å². The Morgan fingerprint density at radius 1 is 1.08 bits per heavy atom. The molecule has 1 aliphatic rings. The average molecular weight is 348 g/mol. The van der Waals surface area contributed by atoms with Gasteiger partial charge in [-0.3, -0.25) is 4.98 Å². The van der Waals surface area contributed by atoms with Gasteiger partial charge in [0, 0.05) is 12.6 Å². The van der Waals surface area contributed by atoms with Gasteiger partial charge in [-0.25, -0.2) is 17.9 Å². The molecule has 0 bridgehead atoms. The maximum atomic E-state index is 12.4. The number of sulfonamides is 1. The fraction of sp³-hybridized carbons (Fsp3) is 0.133. The molecule has 0 amide bonds. The van der Waals surface area contributed by atoms with Gasteiger partial charge in [-0.05, 0) is 29.8 Å². The van der Waals surface area contributed by atoms with Crippen LogP contribution in [-0.4, -0.2) is 20.2 Å². The molecule has 1 aliphatic heterocycles. The Morgan fingerprint density at radius 2 is 1.92 bits per heavy atom. The molecule has 3 aromatic rings. The summed E-state index contributed by atoms with van der Waals surface area (Å²) in [6.07, 6.45) is 0. The smallest absolute Gasteiger partial charge is 0.417 e. The Labute approximate surface area is 136 Å². The predicted octanol–water partition coefficient (Wildman–Crippen LogP) is 1.33. The molecule has 9 heteroatoms. The van der Waals surface area contributed by atoms with Gasteiger partial charge in [-0.1, -0.05) is 6.07 Å². The van der Waals surface area contributed by atoms with Crippen LogP contribution in [0, 0.1) is 0 Å². The summed E-state index contributed by atoms with van der Waals surface area (Å²) in [5.41, 5.74) is 1.62. The maximum absolute atomic E-state index is 12.4. The van der Waals surface area contributed by atoms with Gasteiger partial charge in [0.2, 0.25) is 16.8 Å². The fourth-order valence-corrected chi connectivity index (χ4v) is 3.45. The molecule has 1 aromatic heterocycles. The molecule has 4 rings (SSSR count). The van der Waals surface area contributed by atoms with Crippen LogP contribution in [0.1, 0.15) is 5.56 Å². The number of aromatic nitrogens is 1. The molecule has 124 valence electrons. The third-order valence-corrected chi connectivity index (χ3v) is 5.00. The second kappa shape index (κ2) is 5.39. The van der Waals surface area contributed by atoms with Crippen LogP contribution < -0.4 is 20.0 Å². The number of ether oxygens (including phenoxy) is 2. The summed E-state index contributed by atoms with van der Waals surface area (Å²) >= 11 is 0. The average Bonchev–Trinajstić information content (AvgIpc) is 3.16. The Balaban J connectivity index is 1.55. The van der Waals surface area contributed by atoms with E-state index in [0.29, 0.717) is 28.2 Å². The summed E-state index contributed by atoms with van der Waals surface area (Å²) in [7, 11) is -3.71. The van der Waals surface area contributed by atoms with E-state index in [4.69, 9.17) is 13.9 Å². The number of nitrogens with one attached hydrogen (secondary N) is 2. The van der Waals surface area contributed by atoms with Gasteiger partial charge in [-0.15, -0.1) is 0 Å². The van der Waals surface area contributed by atoms with Gasteiger partial charge in [0.15, 0.2) is 17.1 Å². The summed E-state index contributed by atoms with van der Waals surface area (Å²) < 4.78 is 42.5. The van der Waals surface area contributed by atoms with E-state index in [0.717, 1.165) is 0 Å². The fourth-order valence-electron chi connectivity index (χ4n) is 2.41. The van der Waals surface area contributed by atoms with Crippen molar-refractivity contribution in [2.24, 2.45) is 0 Å². The highest BCUT2D eigenvalue weighted by Crippen LogP contribution is 2.33. The normalized spacial score (nSPS) is 13.5. The standard InChI is InChI=1S/C15H12N2O6S/c18-15-17-11-5-9(1-3-12(11)23-15)7-16-24(19,20)10-2-4-13-14(6-10)22-8-21-13/h1-6,16H,7-8H2,(H,17,18). The highest BCUT2D eigenvalue weighted by atomic mass is 32.2. The number of rotatable bonds is 4. The highest BCUT2D eigenvalue weighted by Gasteiger charge is 2.20. The van der Waals surface area contributed by atoms with Crippen LogP contribution in [0.3, 0.4) is 0 Å². The second-order valence-electron chi connectivity index (χ2n) is 5.18. The number of hydrogen-bond acceptors (Lipinski definition) is 6. The summed E-state index contributed by atoms with van der Waals surface area (Å²) in [5.74, 6) is 0.363. The van der Waals surface area contributed by atoms with E-state index in [9.17, 15) is 13.2 Å². The Bertz CT molecular complexity index is 1080. The second-order valence-corrected chi connectivity index (χ2v) is 6.95. The van der Waals surface area contributed by atoms with E-state index in [1.807, 2.05) is 0 Å². The number of benzene rings is 2. The molecule has 0 saturated heterocycles. The van der Waals surface area contributed by atoms with Gasteiger partial charge in [0.05, 0.1) is 10.4 Å². The minimum atomic E-state index is -3.71. The highest BCUT2D eigenvalue weighted by molar-refractivity contribution is 7.89. The maximum Gasteiger partial charge on any atom is 0.417 e. The summed E-state index contributed by atoms with van der Waals surface area (Å²) in [6, 6.07) is 9.37. The number of hydrogen-bond donors (Lipinski definition) is 2. The van der Waals surface area contributed by atoms with E-state index < -0.39 is 15.8 Å². The van der Waals surface area contributed by atoms with Crippen LogP contribution in [0.5, 0.6) is 11.5 Å². The number of H-pyrrole nitrogens is 1. The molecule has 2 N–H and O–H groups in total. The van der Waals surface area contributed by atoms with Gasteiger partial charge < -0.3 is 13.9 Å².